The number of amides is 1. The van der Waals surface area contributed by atoms with Crippen molar-refractivity contribution in [3.63, 3.8) is 0 Å². The van der Waals surface area contributed by atoms with Gasteiger partial charge in [0.2, 0.25) is 5.89 Å². The molecular weight excluding hydrogens is 513 g/mol. The Labute approximate surface area is 222 Å². The fraction of sp³-hybridized carbons (Fsp3) is 0.321. The lowest BCUT2D eigenvalue weighted by molar-refractivity contribution is -0.140. The molecule has 3 heterocycles. The van der Waals surface area contributed by atoms with Crippen molar-refractivity contribution in [2.45, 2.75) is 37.6 Å². The molecule has 11 heteroatoms. The van der Waals surface area contributed by atoms with Crippen LogP contribution in [0.5, 0.6) is 5.75 Å². The van der Waals surface area contributed by atoms with Crippen LogP contribution in [0.2, 0.25) is 0 Å². The number of aromatic nitrogens is 2. The van der Waals surface area contributed by atoms with Crippen LogP contribution in [0.1, 0.15) is 53.3 Å². The molecule has 4 aromatic rings. The zero-order valence-electron chi connectivity index (χ0n) is 21.3. The van der Waals surface area contributed by atoms with E-state index in [1.165, 1.54) is 19.2 Å². The summed E-state index contributed by atoms with van der Waals surface area (Å²) in [4.78, 5) is 23.4. The molecule has 1 unspecified atom stereocenters. The number of piperidine rings is 1. The molecule has 2 aromatic heterocycles. The molecule has 8 nitrogen and oxygen atoms in total. The number of methoxy groups -OCH3 is 1. The van der Waals surface area contributed by atoms with E-state index in [1.807, 2.05) is 30.3 Å². The number of halogens is 3. The largest absolute Gasteiger partial charge is 0.494 e. The Balaban J connectivity index is 1.49. The Morgan fingerprint density at radius 1 is 1.10 bits per heavy atom. The number of aliphatic hydroxyl groups is 1. The number of benzene rings is 2. The van der Waals surface area contributed by atoms with Crippen molar-refractivity contribution in [1.82, 2.24) is 14.9 Å². The Hall–Kier alpha value is -3.96. The van der Waals surface area contributed by atoms with E-state index in [1.54, 1.807) is 17.9 Å². The number of nitrogens with two attached hydrogens (primary N) is 1. The number of ether oxygens (including phenoxy) is 1. The normalized spacial score (nSPS) is 16.3. The standard InChI is InChI=1S/C28H27F3N4O4/c1-16(32)24-23(26(36)35-14-12-27(37,13-15-35)17-6-4-3-5-7-17)34-25(39-24)19-8-10-20(38-2)22-18(19)9-11-21(33-22)28(29,30)31/h3-11,16,37H,12-15,32H2,1-2H3. The number of likely N-dealkylation sites (tertiary alicyclic amines) is 1. The van der Waals surface area contributed by atoms with Gasteiger partial charge in [-0.2, -0.15) is 13.2 Å². The van der Waals surface area contributed by atoms with Crippen molar-refractivity contribution in [3.8, 4) is 17.2 Å². The van der Waals surface area contributed by atoms with Crippen LogP contribution in [-0.4, -0.2) is 46.1 Å². The summed E-state index contributed by atoms with van der Waals surface area (Å²) in [5.74, 6) is -0.0718. The summed E-state index contributed by atoms with van der Waals surface area (Å²) < 4.78 is 51.2. The predicted molar refractivity (Wildman–Crippen MR) is 137 cm³/mol. The third-order valence-corrected chi connectivity index (χ3v) is 7.02. The van der Waals surface area contributed by atoms with Crippen LogP contribution >= 0.6 is 0 Å². The molecule has 1 atom stereocenters. The average Bonchev–Trinajstić information content (AvgIpc) is 3.38. The first kappa shape index (κ1) is 26.6. The van der Waals surface area contributed by atoms with Gasteiger partial charge in [-0.1, -0.05) is 30.3 Å². The van der Waals surface area contributed by atoms with Crippen LogP contribution in [0.15, 0.2) is 59.0 Å². The van der Waals surface area contributed by atoms with Crippen molar-refractivity contribution >= 4 is 16.8 Å². The molecule has 0 bridgehead atoms. The Kier molecular flexibility index (Phi) is 6.81. The summed E-state index contributed by atoms with van der Waals surface area (Å²) in [6.45, 7) is 2.23. The molecule has 39 heavy (non-hydrogen) atoms. The lowest BCUT2D eigenvalue weighted by Crippen LogP contribution is -2.45. The maximum atomic E-state index is 13.5. The van der Waals surface area contributed by atoms with Crippen molar-refractivity contribution in [1.29, 1.82) is 0 Å². The second-order valence-electron chi connectivity index (χ2n) is 9.62. The lowest BCUT2D eigenvalue weighted by Gasteiger charge is -2.38. The van der Waals surface area contributed by atoms with E-state index in [0.717, 1.165) is 11.6 Å². The quantitative estimate of drug-likeness (QED) is 0.364. The summed E-state index contributed by atoms with van der Waals surface area (Å²) in [6.07, 6.45) is -3.95. The third-order valence-electron chi connectivity index (χ3n) is 7.02. The van der Waals surface area contributed by atoms with Gasteiger partial charge in [0.05, 0.1) is 18.8 Å². The molecule has 3 N–H and O–H groups in total. The lowest BCUT2D eigenvalue weighted by atomic mass is 9.84. The van der Waals surface area contributed by atoms with Crippen LogP contribution in [-0.2, 0) is 11.8 Å². The summed E-state index contributed by atoms with van der Waals surface area (Å²) in [5, 5.41) is 11.5. The minimum atomic E-state index is -4.64. The molecule has 1 amide bonds. The van der Waals surface area contributed by atoms with Crippen molar-refractivity contribution in [2.75, 3.05) is 20.2 Å². The van der Waals surface area contributed by atoms with Gasteiger partial charge in [0.15, 0.2) is 11.5 Å². The second kappa shape index (κ2) is 9.97. The molecule has 1 aliphatic heterocycles. The Morgan fingerprint density at radius 2 is 1.79 bits per heavy atom. The van der Waals surface area contributed by atoms with Gasteiger partial charge in [-0.3, -0.25) is 4.79 Å². The highest BCUT2D eigenvalue weighted by Gasteiger charge is 2.38. The van der Waals surface area contributed by atoms with E-state index in [4.69, 9.17) is 14.9 Å². The Bertz CT molecular complexity index is 1510. The first-order valence-corrected chi connectivity index (χ1v) is 12.4. The monoisotopic (exact) mass is 540 g/mol. The number of rotatable bonds is 5. The molecule has 0 aliphatic carbocycles. The van der Waals surface area contributed by atoms with Crippen LogP contribution in [0, 0.1) is 0 Å². The van der Waals surface area contributed by atoms with Gasteiger partial charge >= 0.3 is 6.18 Å². The molecule has 1 fully saturated rings. The fourth-order valence-electron chi connectivity index (χ4n) is 4.88. The number of oxazole rings is 1. The molecular formula is C28H27F3N4O4. The second-order valence-corrected chi connectivity index (χ2v) is 9.62. The molecule has 1 saturated heterocycles. The number of fused-ring (bicyclic) bond motifs is 1. The molecule has 0 saturated carbocycles. The first-order valence-electron chi connectivity index (χ1n) is 12.4. The minimum Gasteiger partial charge on any atom is -0.494 e. The highest BCUT2D eigenvalue weighted by molar-refractivity contribution is 5.98. The van der Waals surface area contributed by atoms with Gasteiger partial charge < -0.3 is 24.9 Å². The fourth-order valence-corrected chi connectivity index (χ4v) is 4.88. The summed E-state index contributed by atoms with van der Waals surface area (Å²) >= 11 is 0. The number of pyridine rings is 1. The van der Waals surface area contributed by atoms with Crippen molar-refractivity contribution in [2.24, 2.45) is 5.73 Å². The highest BCUT2D eigenvalue weighted by Crippen LogP contribution is 2.38. The van der Waals surface area contributed by atoms with Crippen LogP contribution in [0.3, 0.4) is 0 Å². The number of carbonyl (C=O) groups is 1. The molecule has 0 spiro atoms. The van der Waals surface area contributed by atoms with Gasteiger partial charge in [0, 0.05) is 24.0 Å². The van der Waals surface area contributed by atoms with Gasteiger partial charge in [0.25, 0.3) is 5.91 Å². The molecule has 0 radical (unpaired) electrons. The van der Waals surface area contributed by atoms with Gasteiger partial charge in [-0.05, 0) is 49.6 Å². The summed E-state index contributed by atoms with van der Waals surface area (Å²) in [5.41, 5.74) is 5.15. The van der Waals surface area contributed by atoms with E-state index >= 15 is 0 Å². The number of hydrogen-bond donors (Lipinski definition) is 2. The van der Waals surface area contributed by atoms with Crippen LogP contribution in [0.4, 0.5) is 13.2 Å². The van der Waals surface area contributed by atoms with E-state index in [9.17, 15) is 23.1 Å². The Morgan fingerprint density at radius 3 is 2.41 bits per heavy atom. The van der Waals surface area contributed by atoms with Gasteiger partial charge in [-0.25, -0.2) is 9.97 Å². The predicted octanol–water partition coefficient (Wildman–Crippen LogP) is 5.06. The van der Waals surface area contributed by atoms with E-state index in [2.05, 4.69) is 9.97 Å². The first-order chi connectivity index (χ1) is 18.5. The molecule has 1 aliphatic rings. The topological polar surface area (TPSA) is 115 Å². The van der Waals surface area contributed by atoms with Crippen molar-refractivity contribution < 1.29 is 32.2 Å². The highest BCUT2D eigenvalue weighted by atomic mass is 19.4. The molecule has 2 aromatic carbocycles. The van der Waals surface area contributed by atoms with E-state index in [0.29, 0.717) is 36.9 Å². The maximum absolute atomic E-state index is 13.5. The van der Waals surface area contributed by atoms with E-state index in [-0.39, 0.29) is 28.6 Å². The number of nitrogens with zero attached hydrogens (tertiary/aromatic N) is 3. The number of carbonyl (C=O) groups excluding carboxylic acids is 1. The van der Waals surface area contributed by atoms with E-state index < -0.39 is 29.4 Å². The smallest absolute Gasteiger partial charge is 0.433 e. The zero-order chi connectivity index (χ0) is 27.9. The minimum absolute atomic E-state index is 0.0190. The SMILES string of the molecule is COc1ccc(-c2nc(C(=O)N3CCC(O)(c4ccccc4)CC3)c(C(C)N)o2)c2ccc(C(F)(F)F)nc12. The maximum Gasteiger partial charge on any atom is 0.433 e. The van der Waals surface area contributed by atoms with Crippen LogP contribution in [0.25, 0.3) is 22.4 Å². The molecule has 204 valence electrons. The zero-order valence-corrected chi connectivity index (χ0v) is 21.3. The number of alkyl halides is 3. The number of hydrogen-bond acceptors (Lipinski definition) is 7. The molecule has 5 rings (SSSR count). The summed E-state index contributed by atoms with van der Waals surface area (Å²) in [6, 6.07) is 13.8. The summed E-state index contributed by atoms with van der Waals surface area (Å²) in [7, 11) is 1.34. The van der Waals surface area contributed by atoms with Gasteiger partial charge in [0.1, 0.15) is 17.0 Å². The van der Waals surface area contributed by atoms with Crippen molar-refractivity contribution in [3.05, 3.63) is 77.3 Å². The van der Waals surface area contributed by atoms with Gasteiger partial charge in [-0.15, -0.1) is 0 Å². The third kappa shape index (κ3) is 4.95. The average molecular weight is 541 g/mol. The van der Waals surface area contributed by atoms with Crippen LogP contribution < -0.4 is 10.5 Å².